The van der Waals surface area contributed by atoms with Crippen LogP contribution in [0.4, 0.5) is 0 Å². The minimum atomic E-state index is -3.53. The van der Waals surface area contributed by atoms with Crippen LogP contribution in [0.5, 0.6) is 11.5 Å². The summed E-state index contributed by atoms with van der Waals surface area (Å²) in [6.45, 7) is 4.10. The zero-order chi connectivity index (χ0) is 21.6. The summed E-state index contributed by atoms with van der Waals surface area (Å²) < 4.78 is 42.7. The lowest BCUT2D eigenvalue weighted by Gasteiger charge is -2.26. The first-order valence-corrected chi connectivity index (χ1v) is 11.2. The van der Waals surface area contributed by atoms with Gasteiger partial charge in [0.05, 0.1) is 31.8 Å². The number of hydrogen-bond acceptors (Lipinski definition) is 6. The average molecular weight is 435 g/mol. The number of morpholine rings is 1. The molecule has 2 aromatic rings. The summed E-state index contributed by atoms with van der Waals surface area (Å²) >= 11 is 0. The number of methoxy groups -OCH3 is 1. The van der Waals surface area contributed by atoms with Crippen LogP contribution in [0.3, 0.4) is 0 Å². The van der Waals surface area contributed by atoms with E-state index in [0.717, 1.165) is 5.56 Å². The predicted octanol–water partition coefficient (Wildman–Crippen LogP) is 2.04. The third kappa shape index (κ3) is 5.10. The van der Waals surface area contributed by atoms with Gasteiger partial charge in [-0.05, 0) is 42.8 Å². The summed E-state index contributed by atoms with van der Waals surface area (Å²) in [6, 6.07) is 11.5. The lowest BCUT2D eigenvalue weighted by Crippen LogP contribution is -2.40. The van der Waals surface area contributed by atoms with E-state index in [1.807, 2.05) is 6.92 Å². The van der Waals surface area contributed by atoms with Crippen molar-refractivity contribution in [3.05, 3.63) is 53.6 Å². The van der Waals surface area contributed by atoms with E-state index in [9.17, 15) is 13.2 Å². The third-order valence-electron chi connectivity index (χ3n) is 4.71. The maximum atomic E-state index is 12.7. The molecule has 2 aromatic carbocycles. The summed E-state index contributed by atoms with van der Waals surface area (Å²) in [5, 5.41) is 2.83. The number of carbonyl (C=O) groups excluding carboxylic acids is 1. The molecule has 1 N–H and O–H groups in total. The van der Waals surface area contributed by atoms with Crippen LogP contribution in [0.25, 0.3) is 0 Å². The Bertz CT molecular complexity index is 969. The van der Waals surface area contributed by atoms with Crippen molar-refractivity contribution in [1.82, 2.24) is 9.62 Å². The monoisotopic (exact) mass is 434 g/mol. The molecule has 0 atom stereocenters. The van der Waals surface area contributed by atoms with E-state index in [1.54, 1.807) is 49.6 Å². The molecule has 30 heavy (non-hydrogen) atoms. The van der Waals surface area contributed by atoms with Crippen LogP contribution in [-0.2, 0) is 21.3 Å². The smallest absolute Gasteiger partial charge is 0.251 e. The average Bonchev–Trinajstić information content (AvgIpc) is 2.78. The van der Waals surface area contributed by atoms with E-state index in [4.69, 9.17) is 14.2 Å². The van der Waals surface area contributed by atoms with E-state index >= 15 is 0 Å². The highest BCUT2D eigenvalue weighted by atomic mass is 32.2. The van der Waals surface area contributed by atoms with Crippen LogP contribution in [0.1, 0.15) is 22.8 Å². The Kier molecular flexibility index (Phi) is 7.30. The first kappa shape index (κ1) is 22.1. The molecule has 0 bridgehead atoms. The molecule has 0 unspecified atom stereocenters. The number of benzene rings is 2. The van der Waals surface area contributed by atoms with E-state index in [2.05, 4.69) is 5.32 Å². The van der Waals surface area contributed by atoms with Gasteiger partial charge in [-0.1, -0.05) is 12.1 Å². The number of ether oxygens (including phenoxy) is 3. The molecule has 0 saturated carbocycles. The number of nitrogens with zero attached hydrogens (tertiary/aromatic N) is 1. The fourth-order valence-corrected chi connectivity index (χ4v) is 4.49. The van der Waals surface area contributed by atoms with Crippen molar-refractivity contribution < 1.29 is 27.4 Å². The van der Waals surface area contributed by atoms with Gasteiger partial charge in [-0.25, -0.2) is 8.42 Å². The molecule has 1 fully saturated rings. The Morgan fingerprint density at radius 1 is 1.10 bits per heavy atom. The molecule has 0 radical (unpaired) electrons. The molecule has 0 aromatic heterocycles. The van der Waals surface area contributed by atoms with Crippen molar-refractivity contribution in [1.29, 1.82) is 0 Å². The first-order valence-electron chi connectivity index (χ1n) is 9.71. The molecule has 1 aliphatic heterocycles. The van der Waals surface area contributed by atoms with Gasteiger partial charge >= 0.3 is 0 Å². The molecule has 9 heteroatoms. The van der Waals surface area contributed by atoms with Gasteiger partial charge in [0.25, 0.3) is 5.91 Å². The minimum Gasteiger partial charge on any atom is -0.493 e. The highest BCUT2D eigenvalue weighted by Crippen LogP contribution is 2.28. The maximum Gasteiger partial charge on any atom is 0.251 e. The highest BCUT2D eigenvalue weighted by Gasteiger charge is 2.26. The Balaban J connectivity index is 1.63. The van der Waals surface area contributed by atoms with Gasteiger partial charge in [-0.15, -0.1) is 0 Å². The largest absolute Gasteiger partial charge is 0.493 e. The fraction of sp³-hybridized carbons (Fsp3) is 0.381. The van der Waals surface area contributed by atoms with Gasteiger partial charge in [0.1, 0.15) is 0 Å². The standard InChI is InChI=1S/C21H26N2O6S/c1-3-29-20-14-17(6-9-19(20)27-2)21(24)22-15-16-4-7-18(8-5-16)30(25,26)23-10-12-28-13-11-23/h4-9,14H,3,10-13,15H2,1-2H3,(H,22,24). The summed E-state index contributed by atoms with van der Waals surface area (Å²) in [5.41, 5.74) is 1.24. The SMILES string of the molecule is CCOc1cc(C(=O)NCc2ccc(S(=O)(=O)N3CCOCC3)cc2)ccc1OC. The summed E-state index contributed by atoms with van der Waals surface area (Å²) in [7, 11) is -1.99. The normalized spacial score (nSPS) is 14.9. The summed E-state index contributed by atoms with van der Waals surface area (Å²) in [4.78, 5) is 12.7. The molecular weight excluding hydrogens is 408 g/mol. The highest BCUT2D eigenvalue weighted by molar-refractivity contribution is 7.89. The molecule has 162 valence electrons. The fourth-order valence-electron chi connectivity index (χ4n) is 3.09. The molecule has 1 amide bonds. The number of carbonyl (C=O) groups is 1. The number of sulfonamides is 1. The zero-order valence-corrected chi connectivity index (χ0v) is 17.9. The van der Waals surface area contributed by atoms with E-state index in [1.165, 1.54) is 4.31 Å². The van der Waals surface area contributed by atoms with Crippen LogP contribution in [0.15, 0.2) is 47.4 Å². The molecule has 3 rings (SSSR count). The molecule has 1 heterocycles. The van der Waals surface area contributed by atoms with E-state index in [-0.39, 0.29) is 17.3 Å². The second kappa shape index (κ2) is 9.92. The molecule has 8 nitrogen and oxygen atoms in total. The number of rotatable bonds is 8. The Hall–Kier alpha value is -2.62. The van der Waals surface area contributed by atoms with Crippen molar-refractivity contribution in [2.45, 2.75) is 18.4 Å². The van der Waals surface area contributed by atoms with Crippen LogP contribution >= 0.6 is 0 Å². The molecule has 1 saturated heterocycles. The second-order valence-electron chi connectivity index (χ2n) is 6.64. The van der Waals surface area contributed by atoms with Gasteiger partial charge in [-0.3, -0.25) is 4.79 Å². The number of hydrogen-bond donors (Lipinski definition) is 1. The predicted molar refractivity (Wildman–Crippen MR) is 111 cm³/mol. The van der Waals surface area contributed by atoms with Crippen molar-refractivity contribution in [2.75, 3.05) is 40.0 Å². The lowest BCUT2D eigenvalue weighted by molar-refractivity contribution is 0.0730. The zero-order valence-electron chi connectivity index (χ0n) is 17.1. The molecule has 0 aliphatic carbocycles. The Labute approximate surface area is 176 Å². The van der Waals surface area contributed by atoms with Crippen molar-refractivity contribution in [2.24, 2.45) is 0 Å². The Morgan fingerprint density at radius 3 is 2.43 bits per heavy atom. The Morgan fingerprint density at radius 2 is 1.80 bits per heavy atom. The van der Waals surface area contributed by atoms with Crippen LogP contribution in [-0.4, -0.2) is 58.7 Å². The van der Waals surface area contributed by atoms with Crippen molar-refractivity contribution >= 4 is 15.9 Å². The van der Waals surface area contributed by atoms with Crippen molar-refractivity contribution in [3.63, 3.8) is 0 Å². The van der Waals surface area contributed by atoms with Gasteiger partial charge in [0.15, 0.2) is 11.5 Å². The minimum absolute atomic E-state index is 0.232. The van der Waals surface area contributed by atoms with Crippen molar-refractivity contribution in [3.8, 4) is 11.5 Å². The van der Waals surface area contributed by atoms with Crippen LogP contribution in [0, 0.1) is 0 Å². The second-order valence-corrected chi connectivity index (χ2v) is 8.58. The maximum absolute atomic E-state index is 12.7. The third-order valence-corrected chi connectivity index (χ3v) is 6.62. The van der Waals surface area contributed by atoms with Crippen LogP contribution < -0.4 is 14.8 Å². The number of nitrogens with one attached hydrogen (secondary N) is 1. The number of amides is 1. The van der Waals surface area contributed by atoms with Gasteiger partial charge < -0.3 is 19.5 Å². The lowest BCUT2D eigenvalue weighted by atomic mass is 10.1. The summed E-state index contributed by atoms with van der Waals surface area (Å²) in [6.07, 6.45) is 0. The topological polar surface area (TPSA) is 94.2 Å². The van der Waals surface area contributed by atoms with E-state index in [0.29, 0.717) is 50.0 Å². The van der Waals surface area contributed by atoms with Gasteiger partial charge in [0.2, 0.25) is 10.0 Å². The first-order chi connectivity index (χ1) is 14.5. The van der Waals surface area contributed by atoms with Crippen LogP contribution in [0.2, 0.25) is 0 Å². The molecular formula is C21H26N2O6S. The van der Waals surface area contributed by atoms with Gasteiger partial charge in [-0.2, -0.15) is 4.31 Å². The van der Waals surface area contributed by atoms with Gasteiger partial charge in [0, 0.05) is 25.2 Å². The quantitative estimate of drug-likeness (QED) is 0.683. The molecule has 1 aliphatic rings. The summed E-state index contributed by atoms with van der Waals surface area (Å²) in [5.74, 6) is 0.805. The van der Waals surface area contributed by atoms with E-state index < -0.39 is 10.0 Å². The molecule has 0 spiro atoms.